The van der Waals surface area contributed by atoms with E-state index in [4.69, 9.17) is 4.74 Å². The monoisotopic (exact) mass is 388 g/mol. The van der Waals surface area contributed by atoms with Crippen LogP contribution in [0, 0.1) is 0 Å². The van der Waals surface area contributed by atoms with E-state index >= 15 is 0 Å². The van der Waals surface area contributed by atoms with Gasteiger partial charge in [-0.25, -0.2) is 0 Å². The summed E-state index contributed by atoms with van der Waals surface area (Å²) in [7, 11) is 0. The molecule has 0 aromatic heterocycles. The van der Waals surface area contributed by atoms with Gasteiger partial charge in [0.15, 0.2) is 6.61 Å². The quantitative estimate of drug-likeness (QED) is 0.608. The zero-order valence-electron chi connectivity index (χ0n) is 16.4. The van der Waals surface area contributed by atoms with Gasteiger partial charge in [-0.3, -0.25) is 9.59 Å². The molecule has 3 rings (SSSR count). The maximum atomic E-state index is 12.2. The van der Waals surface area contributed by atoms with Crippen molar-refractivity contribution in [3.05, 3.63) is 95.6 Å². The van der Waals surface area contributed by atoms with E-state index in [0.717, 1.165) is 23.2 Å². The Bertz CT molecular complexity index is 953. The summed E-state index contributed by atoms with van der Waals surface area (Å²) in [4.78, 5) is 24.4. The number of hydrogen-bond acceptors (Lipinski definition) is 3. The molecule has 0 aliphatic carbocycles. The van der Waals surface area contributed by atoms with Crippen molar-refractivity contribution in [2.45, 2.75) is 19.9 Å². The summed E-state index contributed by atoms with van der Waals surface area (Å²) < 4.78 is 5.53. The van der Waals surface area contributed by atoms with Crippen molar-refractivity contribution >= 4 is 17.5 Å². The number of aryl methyl sites for hydroxylation is 1. The fourth-order valence-electron chi connectivity index (χ4n) is 2.87. The highest BCUT2D eigenvalue weighted by molar-refractivity contribution is 5.94. The third-order valence-corrected chi connectivity index (χ3v) is 4.45. The third kappa shape index (κ3) is 5.94. The number of anilines is 1. The van der Waals surface area contributed by atoms with Crippen LogP contribution in [0.5, 0.6) is 5.75 Å². The van der Waals surface area contributed by atoms with E-state index in [0.29, 0.717) is 17.9 Å². The van der Waals surface area contributed by atoms with Crippen LogP contribution in [0.4, 0.5) is 5.69 Å². The molecule has 0 fully saturated rings. The van der Waals surface area contributed by atoms with Crippen LogP contribution in [0.3, 0.4) is 0 Å². The molecule has 5 heteroatoms. The second-order valence-corrected chi connectivity index (χ2v) is 6.54. The van der Waals surface area contributed by atoms with Gasteiger partial charge in [-0.1, -0.05) is 55.5 Å². The standard InChI is InChI=1S/C24H24N2O3/c1-2-19-10-6-7-11-22(19)26-23(27)17-29-21-14-12-20(13-15-21)24(28)25-16-18-8-4-3-5-9-18/h3-15H,2,16-17H2,1H3,(H,25,28)(H,26,27). The Balaban J connectivity index is 1.48. The van der Waals surface area contributed by atoms with E-state index in [2.05, 4.69) is 10.6 Å². The number of para-hydroxylation sites is 1. The van der Waals surface area contributed by atoms with E-state index in [9.17, 15) is 9.59 Å². The largest absolute Gasteiger partial charge is 0.484 e. The van der Waals surface area contributed by atoms with Crippen molar-refractivity contribution < 1.29 is 14.3 Å². The Morgan fingerprint density at radius 3 is 2.28 bits per heavy atom. The molecule has 0 heterocycles. The second-order valence-electron chi connectivity index (χ2n) is 6.54. The summed E-state index contributed by atoms with van der Waals surface area (Å²) in [6.07, 6.45) is 0.838. The lowest BCUT2D eigenvalue weighted by Crippen LogP contribution is -2.23. The number of carbonyl (C=O) groups excluding carboxylic acids is 2. The smallest absolute Gasteiger partial charge is 0.262 e. The van der Waals surface area contributed by atoms with Crippen LogP contribution in [0.1, 0.15) is 28.4 Å². The van der Waals surface area contributed by atoms with E-state index in [1.165, 1.54) is 0 Å². The Morgan fingerprint density at radius 1 is 0.862 bits per heavy atom. The molecule has 5 nitrogen and oxygen atoms in total. The van der Waals surface area contributed by atoms with E-state index in [1.54, 1.807) is 24.3 Å². The molecule has 29 heavy (non-hydrogen) atoms. The number of ether oxygens (including phenoxy) is 1. The van der Waals surface area contributed by atoms with Gasteiger partial charge in [-0.15, -0.1) is 0 Å². The van der Waals surface area contributed by atoms with Crippen molar-refractivity contribution in [1.82, 2.24) is 5.32 Å². The Kier molecular flexibility index (Phi) is 7.00. The minimum absolute atomic E-state index is 0.0996. The molecular weight excluding hydrogens is 364 g/mol. The van der Waals surface area contributed by atoms with Gasteiger partial charge in [-0.2, -0.15) is 0 Å². The molecular formula is C24H24N2O3. The topological polar surface area (TPSA) is 67.4 Å². The first-order valence-electron chi connectivity index (χ1n) is 9.58. The van der Waals surface area contributed by atoms with Crippen molar-refractivity contribution in [2.24, 2.45) is 0 Å². The van der Waals surface area contributed by atoms with E-state index in [1.807, 2.05) is 61.5 Å². The number of benzene rings is 3. The van der Waals surface area contributed by atoms with Gasteiger partial charge in [0.05, 0.1) is 0 Å². The summed E-state index contributed by atoms with van der Waals surface area (Å²) >= 11 is 0. The fourth-order valence-corrected chi connectivity index (χ4v) is 2.87. The molecule has 0 bridgehead atoms. The molecule has 0 aliphatic heterocycles. The zero-order valence-corrected chi connectivity index (χ0v) is 16.4. The van der Waals surface area contributed by atoms with Crippen LogP contribution < -0.4 is 15.4 Å². The minimum Gasteiger partial charge on any atom is -0.484 e. The van der Waals surface area contributed by atoms with Crippen LogP contribution in [0.25, 0.3) is 0 Å². The molecule has 3 aromatic rings. The maximum absolute atomic E-state index is 12.2. The molecule has 2 N–H and O–H groups in total. The summed E-state index contributed by atoms with van der Waals surface area (Å²) in [6.45, 7) is 2.41. The first-order valence-corrected chi connectivity index (χ1v) is 9.58. The average molecular weight is 388 g/mol. The first-order chi connectivity index (χ1) is 14.2. The lowest BCUT2D eigenvalue weighted by Gasteiger charge is -2.11. The number of rotatable bonds is 8. The molecule has 3 aromatic carbocycles. The molecule has 0 saturated carbocycles. The molecule has 0 unspecified atom stereocenters. The lowest BCUT2D eigenvalue weighted by molar-refractivity contribution is -0.118. The van der Waals surface area contributed by atoms with Gasteiger partial charge in [-0.05, 0) is 47.9 Å². The second kappa shape index (κ2) is 10.1. The Morgan fingerprint density at radius 2 is 1.55 bits per heavy atom. The van der Waals surface area contributed by atoms with Gasteiger partial charge in [0.25, 0.3) is 11.8 Å². The molecule has 0 atom stereocenters. The molecule has 0 saturated heterocycles. The van der Waals surface area contributed by atoms with Crippen molar-refractivity contribution in [3.8, 4) is 5.75 Å². The maximum Gasteiger partial charge on any atom is 0.262 e. The Hall–Kier alpha value is -3.60. The summed E-state index contributed by atoms with van der Waals surface area (Å²) in [5.41, 5.74) is 3.45. The normalized spacial score (nSPS) is 10.2. The molecule has 148 valence electrons. The summed E-state index contributed by atoms with van der Waals surface area (Å²) in [5.74, 6) is 0.147. The fraction of sp³-hybridized carbons (Fsp3) is 0.167. The number of carbonyl (C=O) groups is 2. The highest BCUT2D eigenvalue weighted by atomic mass is 16.5. The van der Waals surface area contributed by atoms with Crippen LogP contribution >= 0.6 is 0 Å². The number of hydrogen-bond donors (Lipinski definition) is 2. The van der Waals surface area contributed by atoms with Gasteiger partial charge in [0.2, 0.25) is 0 Å². The average Bonchev–Trinajstić information content (AvgIpc) is 2.77. The molecule has 2 amide bonds. The summed E-state index contributed by atoms with van der Waals surface area (Å²) in [5, 5.41) is 5.74. The van der Waals surface area contributed by atoms with Crippen molar-refractivity contribution in [3.63, 3.8) is 0 Å². The van der Waals surface area contributed by atoms with E-state index in [-0.39, 0.29) is 18.4 Å². The van der Waals surface area contributed by atoms with E-state index < -0.39 is 0 Å². The molecule has 0 aliphatic rings. The van der Waals surface area contributed by atoms with Gasteiger partial charge >= 0.3 is 0 Å². The highest BCUT2D eigenvalue weighted by Gasteiger charge is 2.08. The van der Waals surface area contributed by atoms with Gasteiger partial charge in [0, 0.05) is 17.8 Å². The SMILES string of the molecule is CCc1ccccc1NC(=O)COc1ccc(C(=O)NCc2ccccc2)cc1. The highest BCUT2D eigenvalue weighted by Crippen LogP contribution is 2.16. The Labute approximate surface area is 170 Å². The lowest BCUT2D eigenvalue weighted by atomic mass is 10.1. The van der Waals surface area contributed by atoms with Crippen LogP contribution in [-0.2, 0) is 17.8 Å². The number of amides is 2. The molecule has 0 radical (unpaired) electrons. The predicted molar refractivity (Wildman–Crippen MR) is 114 cm³/mol. The van der Waals surface area contributed by atoms with Crippen LogP contribution in [0.15, 0.2) is 78.9 Å². The van der Waals surface area contributed by atoms with Crippen LogP contribution in [-0.4, -0.2) is 18.4 Å². The van der Waals surface area contributed by atoms with Crippen molar-refractivity contribution in [1.29, 1.82) is 0 Å². The minimum atomic E-state index is -0.226. The summed E-state index contributed by atoms with van der Waals surface area (Å²) in [6, 6.07) is 24.1. The van der Waals surface area contributed by atoms with Gasteiger partial charge < -0.3 is 15.4 Å². The zero-order chi connectivity index (χ0) is 20.5. The molecule has 0 spiro atoms. The third-order valence-electron chi connectivity index (χ3n) is 4.45. The van der Waals surface area contributed by atoms with Crippen LogP contribution in [0.2, 0.25) is 0 Å². The number of nitrogens with one attached hydrogen (secondary N) is 2. The van der Waals surface area contributed by atoms with Gasteiger partial charge in [0.1, 0.15) is 5.75 Å². The van der Waals surface area contributed by atoms with Crippen molar-refractivity contribution in [2.75, 3.05) is 11.9 Å². The first kappa shape index (κ1) is 20.1. The predicted octanol–water partition coefficient (Wildman–Crippen LogP) is 4.20.